The first kappa shape index (κ1) is 21.1. The Hall–Kier alpha value is -3.14. The number of nitrogens with one attached hydrogen (secondary N) is 1. The fourth-order valence-electron chi connectivity index (χ4n) is 4.27. The van der Waals surface area contributed by atoms with E-state index in [0.29, 0.717) is 6.54 Å². The third kappa shape index (κ3) is 4.79. The van der Waals surface area contributed by atoms with Gasteiger partial charge in [-0.05, 0) is 53.8 Å². The lowest BCUT2D eigenvalue weighted by Gasteiger charge is -2.13. The van der Waals surface area contributed by atoms with Gasteiger partial charge in [0.15, 0.2) is 0 Å². The van der Waals surface area contributed by atoms with Gasteiger partial charge in [-0.25, -0.2) is 4.98 Å². The van der Waals surface area contributed by atoms with Gasteiger partial charge in [-0.15, -0.1) is 0 Å². The van der Waals surface area contributed by atoms with Crippen molar-refractivity contribution in [2.45, 2.75) is 46.1 Å². The molecule has 0 aliphatic rings. The first-order valence-corrected chi connectivity index (χ1v) is 11.4. The van der Waals surface area contributed by atoms with E-state index in [1.54, 1.807) is 0 Å². The normalized spacial score (nSPS) is 11.5. The summed E-state index contributed by atoms with van der Waals surface area (Å²) < 4.78 is 2.32. The lowest BCUT2D eigenvalue weighted by Crippen LogP contribution is -2.31. The number of benzene rings is 3. The largest absolute Gasteiger partial charge is 0.356 e. The van der Waals surface area contributed by atoms with Crippen LogP contribution in [0.2, 0.25) is 0 Å². The van der Waals surface area contributed by atoms with Crippen molar-refractivity contribution in [3.63, 3.8) is 0 Å². The van der Waals surface area contributed by atoms with Crippen LogP contribution >= 0.6 is 0 Å². The molecular formula is C27H31N3O. The topological polar surface area (TPSA) is 46.9 Å². The van der Waals surface area contributed by atoms with Crippen molar-refractivity contribution in [1.82, 2.24) is 14.9 Å². The molecule has 0 saturated carbocycles. The van der Waals surface area contributed by atoms with Crippen LogP contribution in [-0.4, -0.2) is 22.0 Å². The van der Waals surface area contributed by atoms with E-state index in [4.69, 9.17) is 4.98 Å². The Balaban J connectivity index is 1.51. The molecule has 1 N–H and O–H groups in total. The Labute approximate surface area is 184 Å². The third-order valence-electron chi connectivity index (χ3n) is 6.12. The number of aromatic nitrogens is 2. The minimum atomic E-state index is 0.123. The average Bonchev–Trinajstić information content (AvgIpc) is 3.14. The molecule has 31 heavy (non-hydrogen) atoms. The zero-order valence-electron chi connectivity index (χ0n) is 18.5. The molecule has 3 aromatic carbocycles. The molecule has 160 valence electrons. The van der Waals surface area contributed by atoms with Crippen molar-refractivity contribution in [3.8, 4) is 0 Å². The van der Waals surface area contributed by atoms with Gasteiger partial charge in [-0.3, -0.25) is 4.79 Å². The zero-order chi connectivity index (χ0) is 21.6. The maximum atomic E-state index is 12.2. The molecule has 1 heterocycles. The predicted octanol–water partition coefficient (Wildman–Crippen LogP) is 5.72. The number of hydrogen-bond acceptors (Lipinski definition) is 2. The maximum absolute atomic E-state index is 12.2. The molecular weight excluding hydrogens is 382 g/mol. The van der Waals surface area contributed by atoms with E-state index in [2.05, 4.69) is 84.4 Å². The summed E-state index contributed by atoms with van der Waals surface area (Å²) in [5.41, 5.74) is 3.45. The maximum Gasteiger partial charge on any atom is 0.223 e. The van der Waals surface area contributed by atoms with Crippen LogP contribution in [-0.2, 0) is 17.8 Å². The Bertz CT molecular complexity index is 1170. The molecule has 0 aliphatic carbocycles. The van der Waals surface area contributed by atoms with Gasteiger partial charge in [0.25, 0.3) is 0 Å². The molecule has 0 radical (unpaired) electrons. The Kier molecular flexibility index (Phi) is 6.66. The van der Waals surface area contributed by atoms with E-state index in [-0.39, 0.29) is 11.8 Å². The summed E-state index contributed by atoms with van der Waals surface area (Å²) in [4.78, 5) is 17.1. The zero-order valence-corrected chi connectivity index (χ0v) is 18.5. The van der Waals surface area contributed by atoms with Gasteiger partial charge in [0.05, 0.1) is 11.0 Å². The van der Waals surface area contributed by atoms with Crippen LogP contribution in [0, 0.1) is 5.92 Å². The van der Waals surface area contributed by atoms with Crippen LogP contribution < -0.4 is 5.32 Å². The number of carbonyl (C=O) groups is 1. The van der Waals surface area contributed by atoms with Crippen LogP contribution in [0.4, 0.5) is 0 Å². The Morgan fingerprint density at radius 1 is 0.968 bits per heavy atom. The van der Waals surface area contributed by atoms with Gasteiger partial charge >= 0.3 is 0 Å². The molecule has 0 aliphatic heterocycles. The summed E-state index contributed by atoms with van der Waals surface area (Å²) >= 11 is 0. The van der Waals surface area contributed by atoms with E-state index >= 15 is 0 Å². The fraction of sp³-hybridized carbons (Fsp3) is 0.333. The Morgan fingerprint density at radius 3 is 2.52 bits per heavy atom. The number of nitrogens with zero attached hydrogens (tertiary/aromatic N) is 2. The molecule has 1 aromatic heterocycles. The lowest BCUT2D eigenvalue weighted by atomic mass is 10.0. The van der Waals surface area contributed by atoms with Crippen molar-refractivity contribution in [2.75, 3.05) is 6.54 Å². The minimum Gasteiger partial charge on any atom is -0.356 e. The van der Waals surface area contributed by atoms with Crippen LogP contribution in [0.5, 0.6) is 0 Å². The van der Waals surface area contributed by atoms with E-state index in [9.17, 15) is 4.79 Å². The summed E-state index contributed by atoms with van der Waals surface area (Å²) in [6.45, 7) is 5.63. The van der Waals surface area contributed by atoms with Gasteiger partial charge < -0.3 is 9.88 Å². The first-order valence-electron chi connectivity index (χ1n) is 11.4. The quantitative estimate of drug-likeness (QED) is 0.357. The minimum absolute atomic E-state index is 0.123. The van der Waals surface area contributed by atoms with Gasteiger partial charge in [-0.2, -0.15) is 0 Å². The molecule has 0 saturated heterocycles. The van der Waals surface area contributed by atoms with Gasteiger partial charge in [0.2, 0.25) is 5.91 Å². The standard InChI is InChI=1S/C27H31N3O/c1-3-21(4-2)27(31)28-17-9-14-26-29-24-12-7-8-13-25(24)30(26)19-20-15-16-22-10-5-6-11-23(22)18-20/h5-8,10-13,15-16,18,21H,3-4,9,14,17,19H2,1-2H3,(H,28,31). The number of para-hydroxylation sites is 2. The second kappa shape index (κ2) is 9.78. The highest BCUT2D eigenvalue weighted by Crippen LogP contribution is 2.21. The summed E-state index contributed by atoms with van der Waals surface area (Å²) in [6.07, 6.45) is 3.51. The molecule has 4 aromatic rings. The van der Waals surface area contributed by atoms with Crippen molar-refractivity contribution in [3.05, 3.63) is 78.1 Å². The summed E-state index contributed by atoms with van der Waals surface area (Å²) in [6, 6.07) is 23.5. The molecule has 4 heteroatoms. The average molecular weight is 414 g/mol. The van der Waals surface area contributed by atoms with Crippen LogP contribution in [0.25, 0.3) is 21.8 Å². The van der Waals surface area contributed by atoms with E-state index in [1.165, 1.54) is 16.3 Å². The first-order chi connectivity index (χ1) is 15.2. The number of amides is 1. The molecule has 4 nitrogen and oxygen atoms in total. The second-order valence-corrected chi connectivity index (χ2v) is 8.19. The van der Waals surface area contributed by atoms with Gasteiger partial charge in [0.1, 0.15) is 5.82 Å². The molecule has 0 fully saturated rings. The van der Waals surface area contributed by atoms with Gasteiger partial charge in [-0.1, -0.05) is 62.4 Å². The number of aryl methyl sites for hydroxylation is 1. The highest BCUT2D eigenvalue weighted by atomic mass is 16.1. The lowest BCUT2D eigenvalue weighted by molar-refractivity contribution is -0.125. The molecule has 0 bridgehead atoms. The summed E-state index contributed by atoms with van der Waals surface area (Å²) in [7, 11) is 0. The van der Waals surface area contributed by atoms with Crippen molar-refractivity contribution < 1.29 is 4.79 Å². The van der Waals surface area contributed by atoms with E-state index < -0.39 is 0 Å². The Morgan fingerprint density at radius 2 is 1.71 bits per heavy atom. The van der Waals surface area contributed by atoms with Crippen LogP contribution in [0.15, 0.2) is 66.7 Å². The van der Waals surface area contributed by atoms with E-state index in [0.717, 1.165) is 49.1 Å². The number of rotatable bonds is 9. The fourth-order valence-corrected chi connectivity index (χ4v) is 4.27. The van der Waals surface area contributed by atoms with Crippen molar-refractivity contribution in [1.29, 1.82) is 0 Å². The molecule has 4 rings (SSSR count). The summed E-state index contributed by atoms with van der Waals surface area (Å²) in [5.74, 6) is 1.37. The second-order valence-electron chi connectivity index (χ2n) is 8.19. The number of imidazole rings is 1. The molecule has 0 unspecified atom stereocenters. The van der Waals surface area contributed by atoms with Crippen LogP contribution in [0.3, 0.4) is 0 Å². The molecule has 0 spiro atoms. The molecule has 0 atom stereocenters. The number of fused-ring (bicyclic) bond motifs is 2. The SMILES string of the molecule is CCC(CC)C(=O)NCCCc1nc2ccccc2n1Cc1ccc2ccccc2c1. The summed E-state index contributed by atoms with van der Waals surface area (Å²) in [5, 5.41) is 5.62. The number of carbonyl (C=O) groups excluding carboxylic acids is 1. The third-order valence-corrected chi connectivity index (χ3v) is 6.12. The highest BCUT2D eigenvalue weighted by molar-refractivity contribution is 5.83. The van der Waals surface area contributed by atoms with Crippen molar-refractivity contribution >= 4 is 27.7 Å². The highest BCUT2D eigenvalue weighted by Gasteiger charge is 2.14. The monoisotopic (exact) mass is 413 g/mol. The molecule has 1 amide bonds. The van der Waals surface area contributed by atoms with Crippen LogP contribution in [0.1, 0.15) is 44.5 Å². The van der Waals surface area contributed by atoms with Crippen molar-refractivity contribution in [2.24, 2.45) is 5.92 Å². The van der Waals surface area contributed by atoms with Gasteiger partial charge in [0, 0.05) is 25.4 Å². The van der Waals surface area contributed by atoms with E-state index in [1.807, 2.05) is 6.07 Å². The smallest absolute Gasteiger partial charge is 0.223 e. The predicted molar refractivity (Wildman–Crippen MR) is 128 cm³/mol. The number of hydrogen-bond donors (Lipinski definition) is 1.